The van der Waals surface area contributed by atoms with Crippen molar-refractivity contribution in [3.8, 4) is 0 Å². The number of sulfone groups is 1. The van der Waals surface area contributed by atoms with E-state index in [1.807, 2.05) is 0 Å². The molecule has 0 fully saturated rings. The van der Waals surface area contributed by atoms with E-state index in [4.69, 9.17) is 16.7 Å². The highest BCUT2D eigenvalue weighted by Crippen LogP contribution is 2.24. The fourth-order valence-corrected chi connectivity index (χ4v) is 3.69. The Balaban J connectivity index is 3.12. The van der Waals surface area contributed by atoms with Crippen molar-refractivity contribution in [2.24, 2.45) is 0 Å². The van der Waals surface area contributed by atoms with Crippen molar-refractivity contribution in [2.45, 2.75) is 29.2 Å². The highest BCUT2D eigenvalue weighted by atomic mass is 35.5. The van der Waals surface area contributed by atoms with Gasteiger partial charge in [0.1, 0.15) is 4.90 Å². The van der Waals surface area contributed by atoms with E-state index in [0.717, 1.165) is 12.3 Å². The van der Waals surface area contributed by atoms with Gasteiger partial charge < -0.3 is 5.11 Å². The zero-order valence-corrected chi connectivity index (χ0v) is 13.4. The summed E-state index contributed by atoms with van der Waals surface area (Å²) in [5.74, 6) is 0. The summed E-state index contributed by atoms with van der Waals surface area (Å²) in [6.45, 7) is 1.56. The summed E-state index contributed by atoms with van der Waals surface area (Å²) in [7, 11) is -7.45. The third-order valence-corrected chi connectivity index (χ3v) is 5.53. The summed E-state index contributed by atoms with van der Waals surface area (Å²) >= 11 is 5.81. The number of halogens is 1. The van der Waals surface area contributed by atoms with Crippen LogP contribution in [-0.2, 0) is 19.9 Å². The SMILES string of the molecule is CC(O)CCNS(=O)(=O)c1cc(S(C)(=O)=O)ccc1Cl. The minimum absolute atomic E-state index is 0.0272. The average Bonchev–Trinajstić information content (AvgIpc) is 2.26. The van der Waals surface area contributed by atoms with Crippen LogP contribution in [0.25, 0.3) is 0 Å². The number of nitrogens with one attached hydrogen (secondary N) is 1. The van der Waals surface area contributed by atoms with Crippen molar-refractivity contribution in [1.82, 2.24) is 4.72 Å². The Kier molecular flexibility index (Phi) is 5.56. The number of sulfonamides is 1. The molecule has 0 aliphatic carbocycles. The second kappa shape index (κ2) is 6.40. The van der Waals surface area contributed by atoms with E-state index in [0.29, 0.717) is 0 Å². The summed E-state index contributed by atoms with van der Waals surface area (Å²) in [4.78, 5) is -0.425. The molecule has 1 atom stereocenters. The Morgan fingerprint density at radius 3 is 2.40 bits per heavy atom. The summed E-state index contributed by atoms with van der Waals surface area (Å²) in [6.07, 6.45) is 0.575. The molecule has 20 heavy (non-hydrogen) atoms. The van der Waals surface area contributed by atoms with Crippen LogP contribution in [0.5, 0.6) is 0 Å². The summed E-state index contributed by atoms with van der Waals surface area (Å²) in [5.41, 5.74) is 0. The molecule has 0 heterocycles. The monoisotopic (exact) mass is 341 g/mol. The van der Waals surface area contributed by atoms with E-state index in [2.05, 4.69) is 4.72 Å². The maximum Gasteiger partial charge on any atom is 0.242 e. The molecule has 0 aliphatic rings. The highest BCUT2D eigenvalue weighted by molar-refractivity contribution is 7.91. The lowest BCUT2D eigenvalue weighted by atomic mass is 10.3. The van der Waals surface area contributed by atoms with Crippen molar-refractivity contribution in [3.63, 3.8) is 0 Å². The van der Waals surface area contributed by atoms with Gasteiger partial charge in [0.15, 0.2) is 9.84 Å². The van der Waals surface area contributed by atoms with Crippen LogP contribution in [-0.4, -0.2) is 40.8 Å². The molecule has 0 saturated carbocycles. The largest absolute Gasteiger partial charge is 0.393 e. The Bertz CT molecular complexity index is 683. The molecule has 9 heteroatoms. The molecule has 0 radical (unpaired) electrons. The third kappa shape index (κ3) is 4.71. The molecule has 1 unspecified atom stereocenters. The molecular formula is C11H16ClNO5S2. The quantitative estimate of drug-likeness (QED) is 0.796. The van der Waals surface area contributed by atoms with Crippen LogP contribution in [0.4, 0.5) is 0 Å². The number of aliphatic hydroxyl groups excluding tert-OH is 1. The molecule has 1 aromatic carbocycles. The van der Waals surface area contributed by atoms with E-state index in [9.17, 15) is 16.8 Å². The molecule has 0 saturated heterocycles. The number of hydrogen-bond donors (Lipinski definition) is 2. The fourth-order valence-electron chi connectivity index (χ4n) is 1.40. The zero-order chi connectivity index (χ0) is 15.6. The van der Waals surface area contributed by atoms with Crippen LogP contribution in [0.1, 0.15) is 13.3 Å². The molecule has 114 valence electrons. The van der Waals surface area contributed by atoms with Gasteiger partial charge in [0, 0.05) is 12.8 Å². The summed E-state index contributed by atoms with van der Waals surface area (Å²) in [6, 6.07) is 3.48. The third-order valence-electron chi connectivity index (χ3n) is 2.47. The maximum absolute atomic E-state index is 12.0. The van der Waals surface area contributed by atoms with Crippen molar-refractivity contribution < 1.29 is 21.9 Å². The molecule has 0 bridgehead atoms. The molecule has 1 aromatic rings. The van der Waals surface area contributed by atoms with E-state index in [1.165, 1.54) is 19.1 Å². The molecule has 1 rings (SSSR count). The Morgan fingerprint density at radius 2 is 1.90 bits per heavy atom. The van der Waals surface area contributed by atoms with Crippen LogP contribution in [0.3, 0.4) is 0 Å². The van der Waals surface area contributed by atoms with Gasteiger partial charge in [-0.25, -0.2) is 21.6 Å². The van der Waals surface area contributed by atoms with Gasteiger partial charge in [0.2, 0.25) is 10.0 Å². The van der Waals surface area contributed by atoms with E-state index < -0.39 is 26.0 Å². The number of aliphatic hydroxyl groups is 1. The second-order valence-corrected chi connectivity index (χ2v) is 8.56. The van der Waals surface area contributed by atoms with Crippen LogP contribution in [0.2, 0.25) is 5.02 Å². The Morgan fingerprint density at radius 1 is 1.30 bits per heavy atom. The lowest BCUT2D eigenvalue weighted by Gasteiger charge is -2.10. The van der Waals surface area contributed by atoms with Crippen LogP contribution in [0.15, 0.2) is 28.0 Å². The lowest BCUT2D eigenvalue weighted by Crippen LogP contribution is -2.27. The number of benzene rings is 1. The van der Waals surface area contributed by atoms with Crippen LogP contribution < -0.4 is 4.72 Å². The van der Waals surface area contributed by atoms with Gasteiger partial charge in [-0.05, 0) is 31.5 Å². The molecule has 0 aliphatic heterocycles. The maximum atomic E-state index is 12.0. The first kappa shape index (κ1) is 17.4. The van der Waals surface area contributed by atoms with Gasteiger partial charge in [0.25, 0.3) is 0 Å². The minimum Gasteiger partial charge on any atom is -0.393 e. The average molecular weight is 342 g/mol. The molecule has 2 N–H and O–H groups in total. The lowest BCUT2D eigenvalue weighted by molar-refractivity contribution is 0.186. The number of rotatable bonds is 6. The van der Waals surface area contributed by atoms with E-state index in [-0.39, 0.29) is 27.8 Å². The molecular weight excluding hydrogens is 326 g/mol. The first-order chi connectivity index (χ1) is 9.04. The van der Waals surface area contributed by atoms with Gasteiger partial charge in [-0.1, -0.05) is 11.6 Å². The summed E-state index contributed by atoms with van der Waals surface area (Å²) in [5, 5.41) is 9.02. The van der Waals surface area contributed by atoms with Gasteiger partial charge in [-0.3, -0.25) is 0 Å². The van der Waals surface area contributed by atoms with Crippen molar-refractivity contribution in [2.75, 3.05) is 12.8 Å². The Labute approximate surface area is 123 Å². The van der Waals surface area contributed by atoms with Gasteiger partial charge in [0.05, 0.1) is 16.0 Å². The first-order valence-electron chi connectivity index (χ1n) is 5.71. The first-order valence-corrected chi connectivity index (χ1v) is 9.46. The van der Waals surface area contributed by atoms with Gasteiger partial charge in [-0.15, -0.1) is 0 Å². The molecule has 6 nitrogen and oxygen atoms in total. The predicted octanol–water partition coefficient (Wildman–Crippen LogP) is 0.793. The normalized spacial score (nSPS) is 14.2. The Hall–Kier alpha value is -0.670. The summed E-state index contributed by atoms with van der Waals surface area (Å²) < 4.78 is 49.2. The molecule has 0 amide bonds. The predicted molar refractivity (Wildman–Crippen MR) is 76.0 cm³/mol. The molecule has 0 spiro atoms. The zero-order valence-electron chi connectivity index (χ0n) is 11.0. The van der Waals surface area contributed by atoms with E-state index in [1.54, 1.807) is 0 Å². The smallest absolute Gasteiger partial charge is 0.242 e. The highest BCUT2D eigenvalue weighted by Gasteiger charge is 2.20. The van der Waals surface area contributed by atoms with Crippen LogP contribution >= 0.6 is 11.6 Å². The molecule has 0 aromatic heterocycles. The van der Waals surface area contributed by atoms with Gasteiger partial charge >= 0.3 is 0 Å². The van der Waals surface area contributed by atoms with Crippen molar-refractivity contribution in [3.05, 3.63) is 23.2 Å². The van der Waals surface area contributed by atoms with Crippen LogP contribution in [0, 0.1) is 0 Å². The number of hydrogen-bond acceptors (Lipinski definition) is 5. The topological polar surface area (TPSA) is 101 Å². The fraction of sp³-hybridized carbons (Fsp3) is 0.455. The second-order valence-electron chi connectivity index (χ2n) is 4.40. The van der Waals surface area contributed by atoms with E-state index >= 15 is 0 Å². The standard InChI is InChI=1S/C11H16ClNO5S2/c1-8(14)5-6-13-20(17,18)11-7-9(19(2,15)16)3-4-10(11)12/h3-4,7-8,13-14H,5-6H2,1-2H3. The van der Waals surface area contributed by atoms with Crippen molar-refractivity contribution in [1.29, 1.82) is 0 Å². The van der Waals surface area contributed by atoms with Gasteiger partial charge in [-0.2, -0.15) is 0 Å². The minimum atomic E-state index is -3.93. The van der Waals surface area contributed by atoms with Crippen molar-refractivity contribution >= 4 is 31.5 Å².